The smallest absolute Gasteiger partial charge is 0.288 e. The summed E-state index contributed by atoms with van der Waals surface area (Å²) >= 11 is 1.61. The van der Waals surface area contributed by atoms with E-state index in [1.807, 2.05) is 28.5 Å². The molecular weight excluding hydrogens is 516 g/mol. The minimum absolute atomic E-state index is 0.0254. The Morgan fingerprint density at radius 3 is 2.57 bits per heavy atom. The molecular formula is C26H34N2O7S2. The van der Waals surface area contributed by atoms with E-state index in [1.165, 1.54) is 23.5 Å². The summed E-state index contributed by atoms with van der Waals surface area (Å²) in [4.78, 5) is 16.2. The van der Waals surface area contributed by atoms with Gasteiger partial charge >= 0.3 is 0 Å². The number of methoxy groups -OCH3 is 1. The zero-order chi connectivity index (χ0) is 26.3. The largest absolute Gasteiger partial charge is 0.497 e. The van der Waals surface area contributed by atoms with Crippen molar-refractivity contribution in [1.29, 1.82) is 0 Å². The first-order chi connectivity index (χ1) is 17.9. The van der Waals surface area contributed by atoms with Crippen LogP contribution in [0.4, 0.5) is 0 Å². The standard InChI is InChI=1S/C26H34N2O7S2/c1-33-21-7-9-22(10-8-21)37(31,32)28(13-15-29)14-16-34-25-19-20(24-6-5-17-36-24)18-23(35-25)26(30)27-11-3-2-4-12-27/h5-10,17-18,20,25,29H,2-4,11-16,19H2,1H3/t20-,25+/m1/s1. The van der Waals surface area contributed by atoms with E-state index < -0.39 is 16.3 Å². The number of aliphatic hydroxyl groups is 1. The molecule has 9 nitrogen and oxygen atoms in total. The molecule has 1 aromatic carbocycles. The van der Waals surface area contributed by atoms with Gasteiger partial charge in [0.15, 0.2) is 5.76 Å². The zero-order valence-electron chi connectivity index (χ0n) is 21.0. The number of ether oxygens (including phenoxy) is 3. The fourth-order valence-electron chi connectivity index (χ4n) is 4.51. The highest BCUT2D eigenvalue weighted by Gasteiger charge is 2.32. The van der Waals surface area contributed by atoms with Gasteiger partial charge in [0, 0.05) is 43.4 Å². The van der Waals surface area contributed by atoms with E-state index in [-0.39, 0.29) is 48.8 Å². The Balaban J connectivity index is 1.42. The number of aliphatic hydroxyl groups excluding tert-OH is 1. The summed E-state index contributed by atoms with van der Waals surface area (Å²) in [5.74, 6) is 0.681. The molecule has 1 fully saturated rings. The highest BCUT2D eigenvalue weighted by Crippen LogP contribution is 2.34. The molecule has 2 aliphatic rings. The van der Waals surface area contributed by atoms with Gasteiger partial charge in [-0.25, -0.2) is 8.42 Å². The zero-order valence-corrected chi connectivity index (χ0v) is 22.6. The molecule has 37 heavy (non-hydrogen) atoms. The average Bonchev–Trinajstić information content (AvgIpc) is 3.48. The molecule has 0 unspecified atom stereocenters. The van der Waals surface area contributed by atoms with Gasteiger partial charge in [-0.3, -0.25) is 4.79 Å². The number of piperidine rings is 1. The maximum Gasteiger partial charge on any atom is 0.288 e. The monoisotopic (exact) mass is 550 g/mol. The summed E-state index contributed by atoms with van der Waals surface area (Å²) in [5, 5.41) is 11.5. The van der Waals surface area contributed by atoms with Gasteiger partial charge in [-0.15, -0.1) is 11.3 Å². The second-order valence-corrected chi connectivity index (χ2v) is 11.9. The van der Waals surface area contributed by atoms with Crippen molar-refractivity contribution in [3.63, 3.8) is 0 Å². The number of hydrogen-bond acceptors (Lipinski definition) is 8. The maximum atomic E-state index is 13.2. The molecule has 3 heterocycles. The first-order valence-electron chi connectivity index (χ1n) is 12.5. The molecule has 2 aromatic rings. The number of carbonyl (C=O) groups excluding carboxylic acids is 1. The summed E-state index contributed by atoms with van der Waals surface area (Å²) in [5.41, 5.74) is 0. The third kappa shape index (κ3) is 6.91. The lowest BCUT2D eigenvalue weighted by atomic mass is 9.99. The molecule has 1 saturated heterocycles. The van der Waals surface area contributed by atoms with Crippen LogP contribution in [-0.4, -0.2) is 81.4 Å². The van der Waals surface area contributed by atoms with Crippen molar-refractivity contribution in [3.05, 3.63) is 58.5 Å². The van der Waals surface area contributed by atoms with Crippen LogP contribution >= 0.6 is 11.3 Å². The number of likely N-dealkylation sites (tertiary alicyclic amines) is 1. The number of allylic oxidation sites excluding steroid dienone is 1. The van der Waals surface area contributed by atoms with Crippen LogP contribution in [0.25, 0.3) is 0 Å². The van der Waals surface area contributed by atoms with E-state index >= 15 is 0 Å². The van der Waals surface area contributed by atoms with E-state index in [0.717, 1.165) is 24.1 Å². The minimum Gasteiger partial charge on any atom is -0.497 e. The lowest BCUT2D eigenvalue weighted by Gasteiger charge is -2.33. The minimum atomic E-state index is -3.85. The Bertz CT molecular complexity index is 1140. The molecule has 0 radical (unpaired) electrons. The number of rotatable bonds is 11. The molecule has 1 aromatic heterocycles. The predicted molar refractivity (Wildman–Crippen MR) is 140 cm³/mol. The quantitative estimate of drug-likeness (QED) is 0.458. The molecule has 4 rings (SSSR count). The van der Waals surface area contributed by atoms with Gasteiger partial charge in [0.1, 0.15) is 5.75 Å². The van der Waals surface area contributed by atoms with Gasteiger partial charge in [-0.1, -0.05) is 6.07 Å². The van der Waals surface area contributed by atoms with Gasteiger partial charge in [0.25, 0.3) is 5.91 Å². The lowest BCUT2D eigenvalue weighted by molar-refractivity contribution is -0.153. The summed E-state index contributed by atoms with van der Waals surface area (Å²) in [6.45, 7) is 1.11. The van der Waals surface area contributed by atoms with Gasteiger partial charge < -0.3 is 24.2 Å². The number of nitrogens with zero attached hydrogens (tertiary/aromatic N) is 2. The van der Waals surface area contributed by atoms with Crippen LogP contribution in [0.1, 0.15) is 36.5 Å². The average molecular weight is 551 g/mol. The van der Waals surface area contributed by atoms with Crippen molar-refractivity contribution in [2.45, 2.75) is 42.8 Å². The Morgan fingerprint density at radius 1 is 1.16 bits per heavy atom. The molecule has 11 heteroatoms. The normalized spacial score (nSPS) is 20.4. The number of thiophene rings is 1. The van der Waals surface area contributed by atoms with Crippen LogP contribution in [0.5, 0.6) is 5.75 Å². The van der Waals surface area contributed by atoms with Crippen LogP contribution in [0, 0.1) is 0 Å². The van der Waals surface area contributed by atoms with Crippen molar-refractivity contribution >= 4 is 27.3 Å². The second-order valence-electron chi connectivity index (χ2n) is 8.96. The fourth-order valence-corrected chi connectivity index (χ4v) is 6.74. The van der Waals surface area contributed by atoms with Crippen molar-refractivity contribution in [2.24, 2.45) is 0 Å². The Labute approximate surface area is 222 Å². The number of hydrogen-bond donors (Lipinski definition) is 1. The van der Waals surface area contributed by atoms with Crippen molar-refractivity contribution < 1.29 is 32.5 Å². The van der Waals surface area contributed by atoms with Crippen molar-refractivity contribution in [2.75, 3.05) is 46.5 Å². The molecule has 1 N–H and O–H groups in total. The number of sulfonamides is 1. The first-order valence-corrected chi connectivity index (χ1v) is 14.8. The molecule has 0 bridgehead atoms. The van der Waals surface area contributed by atoms with Gasteiger partial charge in [-0.2, -0.15) is 4.31 Å². The van der Waals surface area contributed by atoms with Crippen molar-refractivity contribution in [3.8, 4) is 5.75 Å². The van der Waals surface area contributed by atoms with Gasteiger partial charge in [-0.05, 0) is 61.1 Å². The van der Waals surface area contributed by atoms with E-state index in [9.17, 15) is 18.3 Å². The SMILES string of the molecule is COc1ccc(S(=O)(=O)N(CCO)CCO[C@@H]2C[C@H](c3cccs3)C=C(C(=O)N3CCCCC3)O2)cc1. The van der Waals surface area contributed by atoms with E-state index in [1.54, 1.807) is 23.5 Å². The van der Waals surface area contributed by atoms with Crippen LogP contribution in [0.3, 0.4) is 0 Å². The molecule has 0 spiro atoms. The van der Waals surface area contributed by atoms with Gasteiger partial charge in [0.2, 0.25) is 16.3 Å². The molecule has 202 valence electrons. The van der Waals surface area contributed by atoms with Crippen LogP contribution in [-0.2, 0) is 24.3 Å². The number of carbonyl (C=O) groups is 1. The summed E-state index contributed by atoms with van der Waals surface area (Å²) in [6, 6.07) is 10.1. The Hall–Kier alpha value is -2.44. The summed E-state index contributed by atoms with van der Waals surface area (Å²) in [6.07, 6.45) is 4.79. The van der Waals surface area contributed by atoms with Crippen LogP contribution in [0.15, 0.2) is 58.5 Å². The molecule has 1 amide bonds. The van der Waals surface area contributed by atoms with E-state index in [4.69, 9.17) is 14.2 Å². The Kier molecular flexibility index (Phi) is 9.60. The van der Waals surface area contributed by atoms with E-state index in [2.05, 4.69) is 0 Å². The number of amides is 1. The van der Waals surface area contributed by atoms with Crippen LogP contribution in [0.2, 0.25) is 0 Å². The number of benzene rings is 1. The topological polar surface area (TPSA) is 106 Å². The van der Waals surface area contributed by atoms with E-state index in [0.29, 0.717) is 25.3 Å². The lowest BCUT2D eigenvalue weighted by Crippen LogP contribution is -2.40. The van der Waals surface area contributed by atoms with Crippen molar-refractivity contribution in [1.82, 2.24) is 9.21 Å². The molecule has 0 saturated carbocycles. The molecule has 0 aliphatic carbocycles. The first kappa shape index (κ1) is 27.6. The summed E-state index contributed by atoms with van der Waals surface area (Å²) < 4.78 is 44.6. The third-order valence-electron chi connectivity index (χ3n) is 6.51. The molecule has 2 aliphatic heterocycles. The fraction of sp³-hybridized carbons (Fsp3) is 0.500. The second kappa shape index (κ2) is 12.9. The summed E-state index contributed by atoms with van der Waals surface area (Å²) in [7, 11) is -2.34. The van der Waals surface area contributed by atoms with Crippen LogP contribution < -0.4 is 4.74 Å². The Morgan fingerprint density at radius 2 is 1.92 bits per heavy atom. The van der Waals surface area contributed by atoms with Gasteiger partial charge in [0.05, 0.1) is 25.2 Å². The third-order valence-corrected chi connectivity index (χ3v) is 9.43. The maximum absolute atomic E-state index is 13.2. The highest BCUT2D eigenvalue weighted by molar-refractivity contribution is 7.89. The highest BCUT2D eigenvalue weighted by atomic mass is 32.2. The molecule has 2 atom stereocenters. The predicted octanol–water partition coefficient (Wildman–Crippen LogP) is 3.18.